The predicted molar refractivity (Wildman–Crippen MR) is 45.5 cm³/mol. The smallest absolute Gasteiger partial charge is 0.298 e. The van der Waals surface area contributed by atoms with Gasteiger partial charge in [0.2, 0.25) is 6.29 Å². The normalized spacial score (nSPS) is 16.9. The van der Waals surface area contributed by atoms with E-state index in [0.29, 0.717) is 13.2 Å². The molecule has 80 valence electrons. The van der Waals surface area contributed by atoms with Gasteiger partial charge in [0, 0.05) is 0 Å². The fourth-order valence-corrected chi connectivity index (χ4v) is 1.28. The quantitative estimate of drug-likeness (QED) is 0.545. The Morgan fingerprint density at radius 3 is 2.80 bits per heavy atom. The summed E-state index contributed by atoms with van der Waals surface area (Å²) in [6.07, 6.45) is 0.0268. The minimum Gasteiger partial charge on any atom is -0.344 e. The van der Waals surface area contributed by atoms with Gasteiger partial charge < -0.3 is 9.47 Å². The molecule has 1 saturated heterocycles. The predicted octanol–water partition coefficient (Wildman–Crippen LogP) is 1.17. The number of nitrogens with zero attached hydrogens (tertiary/aromatic N) is 2. The van der Waals surface area contributed by atoms with Gasteiger partial charge in [-0.05, 0) is 0 Å². The molecule has 1 aromatic rings. The molecule has 0 saturated carbocycles. The van der Waals surface area contributed by atoms with Crippen LogP contribution in [0.15, 0.2) is 12.3 Å². The van der Waals surface area contributed by atoms with Crippen molar-refractivity contribution in [2.75, 3.05) is 13.2 Å². The van der Waals surface area contributed by atoms with Crippen molar-refractivity contribution in [2.45, 2.75) is 6.29 Å². The van der Waals surface area contributed by atoms with Crippen molar-refractivity contribution >= 4 is 5.69 Å². The third kappa shape index (κ3) is 1.92. The zero-order valence-electron chi connectivity index (χ0n) is 7.55. The molecule has 6 nitrogen and oxygen atoms in total. The van der Waals surface area contributed by atoms with Crippen molar-refractivity contribution in [3.8, 4) is 0 Å². The molecule has 0 bridgehead atoms. The molecule has 0 radical (unpaired) electrons. The maximum atomic E-state index is 12.7. The minimum atomic E-state index is -0.869. The van der Waals surface area contributed by atoms with Gasteiger partial charge in [0.1, 0.15) is 5.82 Å². The summed E-state index contributed by atoms with van der Waals surface area (Å²) in [5.41, 5.74) is -0.430. The highest BCUT2D eigenvalue weighted by Gasteiger charge is 2.28. The summed E-state index contributed by atoms with van der Waals surface area (Å²) in [5.74, 6) is -0.761. The highest BCUT2D eigenvalue weighted by atomic mass is 19.1. The number of nitro groups is 1. The van der Waals surface area contributed by atoms with E-state index in [0.717, 1.165) is 12.3 Å². The molecular formula is C8H7FN2O4. The van der Waals surface area contributed by atoms with Gasteiger partial charge in [-0.25, -0.2) is 9.37 Å². The van der Waals surface area contributed by atoms with Gasteiger partial charge in [-0.3, -0.25) is 10.1 Å². The van der Waals surface area contributed by atoms with Crippen LogP contribution in [-0.2, 0) is 9.47 Å². The zero-order valence-corrected chi connectivity index (χ0v) is 7.55. The number of rotatable bonds is 2. The Kier molecular flexibility index (Phi) is 2.57. The van der Waals surface area contributed by atoms with E-state index in [1.165, 1.54) is 0 Å². The summed E-state index contributed by atoms with van der Waals surface area (Å²) in [4.78, 5) is 13.5. The van der Waals surface area contributed by atoms with E-state index >= 15 is 0 Å². The fraction of sp³-hybridized carbons (Fsp3) is 0.375. The van der Waals surface area contributed by atoms with Crippen LogP contribution in [0.1, 0.15) is 12.0 Å². The van der Waals surface area contributed by atoms with Crippen molar-refractivity contribution in [3.63, 3.8) is 0 Å². The van der Waals surface area contributed by atoms with E-state index < -0.39 is 22.7 Å². The van der Waals surface area contributed by atoms with Crippen molar-refractivity contribution in [2.24, 2.45) is 0 Å². The van der Waals surface area contributed by atoms with E-state index in [1.54, 1.807) is 0 Å². The van der Waals surface area contributed by atoms with E-state index in [2.05, 4.69) is 4.98 Å². The average Bonchev–Trinajstić information content (AvgIpc) is 2.70. The molecule has 2 rings (SSSR count). The molecule has 1 fully saturated rings. The van der Waals surface area contributed by atoms with Gasteiger partial charge in [-0.15, -0.1) is 0 Å². The Morgan fingerprint density at radius 2 is 2.20 bits per heavy atom. The molecule has 1 aliphatic rings. The maximum Gasteiger partial charge on any atom is 0.298 e. The molecule has 1 aliphatic heterocycles. The summed E-state index contributed by atoms with van der Waals surface area (Å²) in [7, 11) is 0. The second kappa shape index (κ2) is 3.87. The van der Waals surface area contributed by atoms with E-state index in [9.17, 15) is 14.5 Å². The van der Waals surface area contributed by atoms with Crippen molar-refractivity contribution in [3.05, 3.63) is 33.9 Å². The molecule has 2 heterocycles. The van der Waals surface area contributed by atoms with Crippen LogP contribution in [0, 0.1) is 15.9 Å². The lowest BCUT2D eigenvalue weighted by molar-refractivity contribution is -0.387. The van der Waals surface area contributed by atoms with Crippen LogP contribution in [0.3, 0.4) is 0 Å². The van der Waals surface area contributed by atoms with Crippen LogP contribution in [0.25, 0.3) is 0 Å². The lowest BCUT2D eigenvalue weighted by atomic mass is 10.3. The Labute approximate surface area is 83.8 Å². The highest BCUT2D eigenvalue weighted by molar-refractivity contribution is 5.36. The molecule has 0 spiro atoms. The molecule has 0 amide bonds. The van der Waals surface area contributed by atoms with Crippen molar-refractivity contribution in [1.29, 1.82) is 0 Å². The molecule has 7 heteroatoms. The van der Waals surface area contributed by atoms with Crippen LogP contribution in [-0.4, -0.2) is 23.1 Å². The van der Waals surface area contributed by atoms with Crippen LogP contribution in [0.4, 0.5) is 10.1 Å². The summed E-state index contributed by atoms with van der Waals surface area (Å²) in [6, 6.07) is 0.799. The molecule has 0 aliphatic carbocycles. The number of aromatic nitrogens is 1. The summed E-state index contributed by atoms with van der Waals surface area (Å²) in [6.45, 7) is 0.696. The molecule has 0 atom stereocenters. The molecule has 1 aromatic heterocycles. The Bertz CT molecular complexity index is 392. The Balaban J connectivity index is 2.40. The number of pyridine rings is 1. The second-order valence-electron chi connectivity index (χ2n) is 2.89. The third-order valence-electron chi connectivity index (χ3n) is 1.91. The van der Waals surface area contributed by atoms with Crippen molar-refractivity contribution < 1.29 is 18.8 Å². The lowest BCUT2D eigenvalue weighted by Gasteiger charge is -2.07. The zero-order chi connectivity index (χ0) is 10.8. The maximum absolute atomic E-state index is 12.7. The van der Waals surface area contributed by atoms with Crippen molar-refractivity contribution in [1.82, 2.24) is 4.98 Å². The van der Waals surface area contributed by atoms with Gasteiger partial charge in [0.05, 0.1) is 30.4 Å². The van der Waals surface area contributed by atoms with Gasteiger partial charge in [0.15, 0.2) is 5.69 Å². The average molecular weight is 214 g/mol. The van der Waals surface area contributed by atoms with Gasteiger partial charge in [-0.2, -0.15) is 0 Å². The number of hydrogen-bond acceptors (Lipinski definition) is 5. The number of halogens is 1. The van der Waals surface area contributed by atoms with Crippen LogP contribution in [0.2, 0.25) is 0 Å². The molecule has 0 aromatic carbocycles. The topological polar surface area (TPSA) is 74.5 Å². The SMILES string of the molecule is O=[N+]([O-])c1cc(F)cnc1C1OCCO1. The molecule has 15 heavy (non-hydrogen) atoms. The van der Waals surface area contributed by atoms with E-state index in [1.807, 2.05) is 0 Å². The van der Waals surface area contributed by atoms with Gasteiger partial charge in [-0.1, -0.05) is 0 Å². The summed E-state index contributed by atoms with van der Waals surface area (Å²) >= 11 is 0. The third-order valence-corrected chi connectivity index (χ3v) is 1.91. The number of hydrogen-bond donors (Lipinski definition) is 0. The summed E-state index contributed by atoms with van der Waals surface area (Å²) < 4.78 is 22.9. The lowest BCUT2D eigenvalue weighted by Crippen LogP contribution is -2.06. The van der Waals surface area contributed by atoms with Gasteiger partial charge >= 0.3 is 0 Å². The van der Waals surface area contributed by atoms with E-state index in [-0.39, 0.29) is 5.69 Å². The molecule has 0 unspecified atom stereocenters. The van der Waals surface area contributed by atoms with E-state index in [4.69, 9.17) is 9.47 Å². The first-order chi connectivity index (χ1) is 7.18. The first kappa shape index (κ1) is 9.94. The Morgan fingerprint density at radius 1 is 1.53 bits per heavy atom. The van der Waals surface area contributed by atoms with Crippen LogP contribution >= 0.6 is 0 Å². The first-order valence-electron chi connectivity index (χ1n) is 4.21. The standard InChI is InChI=1S/C8H7FN2O4/c9-5-3-6(11(12)13)7(10-4-5)8-14-1-2-15-8/h3-4,8H,1-2H2. The molecule has 0 N–H and O–H groups in total. The molecular weight excluding hydrogens is 207 g/mol. The van der Waals surface area contributed by atoms with Crippen LogP contribution < -0.4 is 0 Å². The second-order valence-corrected chi connectivity index (χ2v) is 2.89. The monoisotopic (exact) mass is 214 g/mol. The first-order valence-corrected chi connectivity index (χ1v) is 4.21. The minimum absolute atomic E-state index is 0.00102. The fourth-order valence-electron chi connectivity index (χ4n) is 1.28. The number of ether oxygens (including phenoxy) is 2. The highest BCUT2D eigenvalue weighted by Crippen LogP contribution is 2.29. The largest absolute Gasteiger partial charge is 0.344 e. The van der Waals surface area contributed by atoms with Crippen LogP contribution in [0.5, 0.6) is 0 Å². The van der Waals surface area contributed by atoms with Gasteiger partial charge in [0.25, 0.3) is 5.69 Å². The Hall–Kier alpha value is -1.60. The summed E-state index contributed by atoms with van der Waals surface area (Å²) in [5, 5.41) is 10.6.